The van der Waals surface area contributed by atoms with E-state index in [2.05, 4.69) is 44.7 Å². The van der Waals surface area contributed by atoms with E-state index in [-0.39, 0.29) is 5.41 Å². The van der Waals surface area contributed by atoms with E-state index in [1.54, 1.807) is 0 Å². The van der Waals surface area contributed by atoms with E-state index < -0.39 is 0 Å². The Morgan fingerprint density at radius 3 is 2.47 bits per heavy atom. The van der Waals surface area contributed by atoms with Crippen molar-refractivity contribution in [1.82, 2.24) is 14.7 Å². The summed E-state index contributed by atoms with van der Waals surface area (Å²) < 4.78 is 2.01. The average molecular weight is 287 g/mol. The van der Waals surface area contributed by atoms with Crippen LogP contribution < -0.4 is 5.73 Å². The quantitative estimate of drug-likeness (QED) is 0.838. The highest BCUT2D eigenvalue weighted by Crippen LogP contribution is 2.24. The fourth-order valence-electron chi connectivity index (χ4n) is 2.28. The minimum atomic E-state index is 0.117. The van der Waals surface area contributed by atoms with E-state index in [0.717, 1.165) is 42.5 Å². The molecular formula is C14H27ClN4. The van der Waals surface area contributed by atoms with Crippen molar-refractivity contribution < 1.29 is 0 Å². The van der Waals surface area contributed by atoms with Crippen LogP contribution in [-0.4, -0.2) is 34.8 Å². The van der Waals surface area contributed by atoms with Gasteiger partial charge in [-0.25, -0.2) is 0 Å². The van der Waals surface area contributed by atoms with Crippen molar-refractivity contribution >= 4 is 11.6 Å². The van der Waals surface area contributed by atoms with Gasteiger partial charge in [0.05, 0.1) is 16.4 Å². The van der Waals surface area contributed by atoms with Gasteiger partial charge in [0.1, 0.15) is 0 Å². The summed E-state index contributed by atoms with van der Waals surface area (Å²) in [5.41, 5.74) is 8.00. The number of aryl methyl sites for hydroxylation is 2. The van der Waals surface area contributed by atoms with Crippen LogP contribution in [0, 0.1) is 5.41 Å². The van der Waals surface area contributed by atoms with Gasteiger partial charge >= 0.3 is 0 Å². The van der Waals surface area contributed by atoms with Crippen LogP contribution in [0.5, 0.6) is 0 Å². The van der Waals surface area contributed by atoms with Crippen LogP contribution in [0.25, 0.3) is 0 Å². The molecule has 0 saturated heterocycles. The molecule has 0 radical (unpaired) electrons. The standard InChI is InChI=1S/C14H27ClN4/c1-6-11-13(15)12(19(7-2)17-11)8-18(5)10-14(3,4)9-16/h6-10,16H2,1-5H3. The first kappa shape index (κ1) is 16.5. The van der Waals surface area contributed by atoms with Crippen LogP contribution in [0.4, 0.5) is 0 Å². The van der Waals surface area contributed by atoms with Crippen molar-refractivity contribution in [3.63, 3.8) is 0 Å². The lowest BCUT2D eigenvalue weighted by Crippen LogP contribution is -2.36. The summed E-state index contributed by atoms with van der Waals surface area (Å²) >= 11 is 6.42. The Balaban J connectivity index is 2.84. The van der Waals surface area contributed by atoms with E-state index in [4.69, 9.17) is 17.3 Å². The summed E-state index contributed by atoms with van der Waals surface area (Å²) in [5.74, 6) is 0. The van der Waals surface area contributed by atoms with Gasteiger partial charge in [0, 0.05) is 19.6 Å². The van der Waals surface area contributed by atoms with Gasteiger partial charge in [-0.05, 0) is 32.4 Å². The predicted octanol–water partition coefficient (Wildman–Crippen LogP) is 2.54. The third-order valence-corrected chi connectivity index (χ3v) is 3.80. The second-order valence-corrected chi connectivity index (χ2v) is 6.30. The summed E-state index contributed by atoms with van der Waals surface area (Å²) in [4.78, 5) is 2.27. The first-order valence-electron chi connectivity index (χ1n) is 6.97. The topological polar surface area (TPSA) is 47.1 Å². The molecule has 4 nitrogen and oxygen atoms in total. The van der Waals surface area contributed by atoms with Crippen LogP contribution in [0.1, 0.15) is 39.1 Å². The molecule has 0 aliphatic carbocycles. The normalized spacial score (nSPS) is 12.4. The fourth-order valence-corrected chi connectivity index (χ4v) is 2.60. The van der Waals surface area contributed by atoms with Crippen molar-refractivity contribution in [3.05, 3.63) is 16.4 Å². The molecule has 0 bridgehead atoms. The van der Waals surface area contributed by atoms with Gasteiger partial charge in [0.25, 0.3) is 0 Å². The lowest BCUT2D eigenvalue weighted by atomic mass is 9.93. The molecule has 110 valence electrons. The molecule has 0 aliphatic heterocycles. The fraction of sp³-hybridized carbons (Fsp3) is 0.786. The molecule has 1 rings (SSSR count). The molecule has 2 N–H and O–H groups in total. The lowest BCUT2D eigenvalue weighted by molar-refractivity contribution is 0.205. The van der Waals surface area contributed by atoms with Crippen LogP contribution in [0.3, 0.4) is 0 Å². The van der Waals surface area contributed by atoms with Crippen molar-refractivity contribution in [2.45, 2.75) is 47.2 Å². The number of rotatable bonds is 7. The van der Waals surface area contributed by atoms with Gasteiger partial charge in [0.2, 0.25) is 0 Å². The second-order valence-electron chi connectivity index (χ2n) is 5.92. The molecule has 0 aromatic carbocycles. The summed E-state index contributed by atoms with van der Waals surface area (Å²) in [5, 5.41) is 5.37. The maximum Gasteiger partial charge on any atom is 0.0863 e. The zero-order valence-corrected chi connectivity index (χ0v) is 13.6. The van der Waals surface area contributed by atoms with Crippen molar-refractivity contribution in [3.8, 4) is 0 Å². The molecule has 1 aromatic heterocycles. The zero-order valence-electron chi connectivity index (χ0n) is 12.8. The predicted molar refractivity (Wildman–Crippen MR) is 81.5 cm³/mol. The Kier molecular flexibility index (Phi) is 5.83. The average Bonchev–Trinajstić information content (AvgIpc) is 2.65. The minimum Gasteiger partial charge on any atom is -0.330 e. The Bertz CT molecular complexity index is 412. The zero-order chi connectivity index (χ0) is 14.6. The highest BCUT2D eigenvalue weighted by atomic mass is 35.5. The number of nitrogens with zero attached hydrogens (tertiary/aromatic N) is 3. The van der Waals surface area contributed by atoms with E-state index in [9.17, 15) is 0 Å². The number of halogens is 1. The third-order valence-electron chi connectivity index (χ3n) is 3.36. The van der Waals surface area contributed by atoms with Crippen LogP contribution in [0.2, 0.25) is 5.02 Å². The van der Waals surface area contributed by atoms with Crippen molar-refractivity contribution in [1.29, 1.82) is 0 Å². The molecule has 5 heteroatoms. The lowest BCUT2D eigenvalue weighted by Gasteiger charge is -2.29. The van der Waals surface area contributed by atoms with E-state index in [1.807, 2.05) is 4.68 Å². The maximum atomic E-state index is 6.42. The maximum absolute atomic E-state index is 6.42. The number of nitrogens with two attached hydrogens (primary N) is 1. The van der Waals surface area contributed by atoms with Crippen molar-refractivity contribution in [2.24, 2.45) is 11.1 Å². The summed E-state index contributed by atoms with van der Waals surface area (Å²) in [6.07, 6.45) is 0.872. The Labute approximate surface area is 121 Å². The smallest absolute Gasteiger partial charge is 0.0863 e. The van der Waals surface area contributed by atoms with Gasteiger partial charge in [0.15, 0.2) is 0 Å². The van der Waals surface area contributed by atoms with Gasteiger partial charge in [-0.2, -0.15) is 5.10 Å². The summed E-state index contributed by atoms with van der Waals surface area (Å²) in [6, 6.07) is 0. The van der Waals surface area contributed by atoms with Gasteiger partial charge < -0.3 is 5.73 Å². The molecule has 0 aliphatic rings. The van der Waals surface area contributed by atoms with Gasteiger partial charge in [-0.15, -0.1) is 0 Å². The highest BCUT2D eigenvalue weighted by Gasteiger charge is 2.21. The second kappa shape index (κ2) is 6.73. The Morgan fingerprint density at radius 2 is 2.00 bits per heavy atom. The number of aromatic nitrogens is 2. The summed E-state index contributed by atoms with van der Waals surface area (Å²) in [6.45, 7) is 11.8. The monoisotopic (exact) mass is 286 g/mol. The van der Waals surface area contributed by atoms with E-state index in [0.29, 0.717) is 6.54 Å². The summed E-state index contributed by atoms with van der Waals surface area (Å²) in [7, 11) is 2.10. The molecule has 19 heavy (non-hydrogen) atoms. The van der Waals surface area contributed by atoms with Crippen LogP contribution in [-0.2, 0) is 19.5 Å². The molecule has 0 spiro atoms. The van der Waals surface area contributed by atoms with E-state index in [1.165, 1.54) is 0 Å². The largest absolute Gasteiger partial charge is 0.330 e. The van der Waals surface area contributed by atoms with Gasteiger partial charge in [-0.1, -0.05) is 32.4 Å². The molecule has 1 heterocycles. The SMILES string of the molecule is CCc1nn(CC)c(CN(C)CC(C)(C)CN)c1Cl. The first-order chi connectivity index (χ1) is 8.84. The molecule has 0 atom stereocenters. The van der Waals surface area contributed by atoms with Crippen molar-refractivity contribution in [2.75, 3.05) is 20.1 Å². The first-order valence-corrected chi connectivity index (χ1v) is 7.35. The number of hydrogen-bond acceptors (Lipinski definition) is 3. The van der Waals surface area contributed by atoms with Crippen LogP contribution in [0.15, 0.2) is 0 Å². The third kappa shape index (κ3) is 4.20. The van der Waals surface area contributed by atoms with E-state index >= 15 is 0 Å². The minimum absolute atomic E-state index is 0.117. The Morgan fingerprint density at radius 1 is 1.37 bits per heavy atom. The van der Waals surface area contributed by atoms with Crippen LogP contribution >= 0.6 is 11.6 Å². The molecule has 0 fully saturated rings. The molecule has 0 saturated carbocycles. The molecular weight excluding hydrogens is 260 g/mol. The number of hydrogen-bond donors (Lipinski definition) is 1. The molecule has 0 unspecified atom stereocenters. The molecule has 1 aromatic rings. The van der Waals surface area contributed by atoms with Gasteiger partial charge in [-0.3, -0.25) is 9.58 Å². The molecule has 0 amide bonds. The Hall–Kier alpha value is -0.580. The highest BCUT2D eigenvalue weighted by molar-refractivity contribution is 6.31.